The fourth-order valence-corrected chi connectivity index (χ4v) is 2.87. The molecule has 0 fully saturated rings. The number of hydrogen-bond donors (Lipinski definition) is 0. The zero-order valence-electron chi connectivity index (χ0n) is 15.6. The minimum Gasteiger partial charge on any atom is -0.311 e. The lowest BCUT2D eigenvalue weighted by atomic mass is 10.2. The minimum atomic E-state index is 0.515. The van der Waals surface area contributed by atoms with Crippen LogP contribution in [0.2, 0.25) is 0 Å². The van der Waals surface area contributed by atoms with Gasteiger partial charge < -0.3 is 4.90 Å². The number of rotatable bonds is 4. The Bertz CT molecular complexity index is 882. The Labute approximate surface area is 166 Å². The molecule has 0 N–H and O–H groups in total. The monoisotopic (exact) mass is 362 g/mol. The molecule has 0 saturated heterocycles. The standard InChI is InChI=1S/C18H15N.C8H7N/c1-4-10-16(11-5-1)19(17-12-6-2-7-13-17)18-14-8-3-9-15-18;9-7-6-8-4-2-1-3-5-8/h1-15H;1-5H,6H2. The van der Waals surface area contributed by atoms with Gasteiger partial charge in [-0.25, -0.2) is 0 Å². The first-order valence-corrected chi connectivity index (χ1v) is 9.24. The fourth-order valence-electron chi connectivity index (χ4n) is 2.87. The van der Waals surface area contributed by atoms with E-state index in [4.69, 9.17) is 5.26 Å². The molecule has 4 aromatic rings. The van der Waals surface area contributed by atoms with Gasteiger partial charge in [-0.15, -0.1) is 0 Å². The lowest BCUT2D eigenvalue weighted by molar-refractivity contribution is 1.26. The minimum absolute atomic E-state index is 0.515. The molecule has 0 radical (unpaired) electrons. The van der Waals surface area contributed by atoms with Crippen molar-refractivity contribution in [3.63, 3.8) is 0 Å². The number of hydrogen-bond acceptors (Lipinski definition) is 2. The zero-order chi connectivity index (χ0) is 19.4. The van der Waals surface area contributed by atoms with Gasteiger partial charge in [0.05, 0.1) is 12.5 Å². The van der Waals surface area contributed by atoms with E-state index < -0.39 is 0 Å². The highest BCUT2D eigenvalue weighted by Crippen LogP contribution is 2.33. The third kappa shape index (κ3) is 5.33. The van der Waals surface area contributed by atoms with Crippen molar-refractivity contribution >= 4 is 17.1 Å². The Hall–Kier alpha value is -3.83. The molecule has 0 atom stereocenters. The molecule has 0 unspecified atom stereocenters. The Balaban J connectivity index is 0.000000211. The normalized spacial score (nSPS) is 9.54. The van der Waals surface area contributed by atoms with Crippen molar-refractivity contribution in [1.82, 2.24) is 0 Å². The fraction of sp³-hybridized carbons (Fsp3) is 0.0385. The van der Waals surface area contributed by atoms with Gasteiger partial charge >= 0.3 is 0 Å². The molecule has 0 bridgehead atoms. The number of nitriles is 1. The SMILES string of the molecule is N#CCc1ccccc1.c1ccc(N(c2ccccc2)c2ccccc2)cc1. The van der Waals surface area contributed by atoms with Gasteiger partial charge in [0.2, 0.25) is 0 Å². The Morgan fingerprint density at radius 3 is 1.14 bits per heavy atom. The molecule has 0 saturated carbocycles. The quantitative estimate of drug-likeness (QED) is 0.394. The maximum absolute atomic E-state index is 8.27. The third-order valence-corrected chi connectivity index (χ3v) is 4.17. The molecule has 4 rings (SSSR count). The van der Waals surface area contributed by atoms with Crippen molar-refractivity contribution in [1.29, 1.82) is 5.26 Å². The molecule has 0 heterocycles. The lowest BCUT2D eigenvalue weighted by Gasteiger charge is -2.25. The van der Waals surface area contributed by atoms with Gasteiger partial charge in [-0.05, 0) is 42.0 Å². The van der Waals surface area contributed by atoms with Crippen LogP contribution in [0.4, 0.5) is 17.1 Å². The van der Waals surface area contributed by atoms with E-state index in [1.165, 1.54) is 17.1 Å². The molecular weight excluding hydrogens is 340 g/mol. The highest BCUT2D eigenvalue weighted by Gasteiger charge is 2.10. The van der Waals surface area contributed by atoms with Crippen molar-refractivity contribution < 1.29 is 0 Å². The first-order valence-electron chi connectivity index (χ1n) is 9.24. The molecule has 0 amide bonds. The number of benzene rings is 4. The molecule has 0 aliphatic carbocycles. The van der Waals surface area contributed by atoms with E-state index in [0.29, 0.717) is 6.42 Å². The summed E-state index contributed by atoms with van der Waals surface area (Å²) >= 11 is 0. The van der Waals surface area contributed by atoms with E-state index >= 15 is 0 Å². The summed E-state index contributed by atoms with van der Waals surface area (Å²) in [5, 5.41) is 8.27. The first kappa shape index (κ1) is 18.9. The largest absolute Gasteiger partial charge is 0.311 e. The maximum Gasteiger partial charge on any atom is 0.0669 e. The Kier molecular flexibility index (Phi) is 7.00. The molecule has 2 nitrogen and oxygen atoms in total. The average molecular weight is 362 g/mol. The predicted octanol–water partition coefficient (Wildman–Crippen LogP) is 6.91. The summed E-state index contributed by atoms with van der Waals surface area (Å²) in [6.45, 7) is 0. The zero-order valence-corrected chi connectivity index (χ0v) is 15.6. The van der Waals surface area contributed by atoms with Crippen molar-refractivity contribution in [2.45, 2.75) is 6.42 Å². The predicted molar refractivity (Wildman–Crippen MR) is 117 cm³/mol. The van der Waals surface area contributed by atoms with Crippen LogP contribution in [0.25, 0.3) is 0 Å². The van der Waals surface area contributed by atoms with Gasteiger partial charge in [0.25, 0.3) is 0 Å². The molecule has 0 spiro atoms. The van der Waals surface area contributed by atoms with Crippen LogP contribution >= 0.6 is 0 Å². The highest BCUT2D eigenvalue weighted by molar-refractivity contribution is 5.76. The number of para-hydroxylation sites is 3. The van der Waals surface area contributed by atoms with Crippen LogP contribution in [0.1, 0.15) is 5.56 Å². The van der Waals surface area contributed by atoms with E-state index in [1.807, 2.05) is 48.5 Å². The van der Waals surface area contributed by atoms with Gasteiger partial charge in [0, 0.05) is 17.1 Å². The molecule has 0 aromatic heterocycles. The van der Waals surface area contributed by atoms with E-state index in [-0.39, 0.29) is 0 Å². The second-order valence-electron chi connectivity index (χ2n) is 6.16. The lowest BCUT2D eigenvalue weighted by Crippen LogP contribution is -2.09. The molecule has 136 valence electrons. The van der Waals surface area contributed by atoms with Gasteiger partial charge in [-0.3, -0.25) is 0 Å². The van der Waals surface area contributed by atoms with E-state index in [2.05, 4.69) is 83.8 Å². The third-order valence-electron chi connectivity index (χ3n) is 4.17. The summed E-state index contributed by atoms with van der Waals surface area (Å²) in [6.07, 6.45) is 0.515. The van der Waals surface area contributed by atoms with Crippen LogP contribution in [0.5, 0.6) is 0 Å². The Morgan fingerprint density at radius 2 is 0.821 bits per heavy atom. The van der Waals surface area contributed by atoms with Crippen LogP contribution in [0, 0.1) is 11.3 Å². The van der Waals surface area contributed by atoms with Gasteiger partial charge in [-0.1, -0.05) is 84.9 Å². The highest BCUT2D eigenvalue weighted by atomic mass is 15.1. The first-order chi connectivity index (χ1) is 13.9. The maximum atomic E-state index is 8.27. The molecule has 2 heteroatoms. The smallest absolute Gasteiger partial charge is 0.0669 e. The molecular formula is C26H22N2. The summed E-state index contributed by atoms with van der Waals surface area (Å²) in [5.41, 5.74) is 4.58. The van der Waals surface area contributed by atoms with E-state index in [9.17, 15) is 0 Å². The van der Waals surface area contributed by atoms with Crippen molar-refractivity contribution in [2.75, 3.05) is 4.90 Å². The topological polar surface area (TPSA) is 27.0 Å². The number of nitrogens with zero attached hydrogens (tertiary/aromatic N) is 2. The summed E-state index contributed by atoms with van der Waals surface area (Å²) in [5.74, 6) is 0. The van der Waals surface area contributed by atoms with Crippen LogP contribution in [0.15, 0.2) is 121 Å². The average Bonchev–Trinajstić information content (AvgIpc) is 2.78. The second kappa shape index (κ2) is 10.4. The Morgan fingerprint density at radius 1 is 0.500 bits per heavy atom. The summed E-state index contributed by atoms with van der Waals surface area (Å²) < 4.78 is 0. The van der Waals surface area contributed by atoms with Crippen LogP contribution in [0.3, 0.4) is 0 Å². The molecule has 0 aliphatic rings. The summed E-state index contributed by atoms with van der Waals surface area (Å²) in [4.78, 5) is 2.25. The molecule has 4 aromatic carbocycles. The van der Waals surface area contributed by atoms with Crippen LogP contribution < -0.4 is 4.90 Å². The van der Waals surface area contributed by atoms with Crippen LogP contribution in [-0.4, -0.2) is 0 Å². The van der Waals surface area contributed by atoms with Crippen molar-refractivity contribution in [3.8, 4) is 6.07 Å². The van der Waals surface area contributed by atoms with Gasteiger partial charge in [-0.2, -0.15) is 5.26 Å². The van der Waals surface area contributed by atoms with Gasteiger partial charge in [0.15, 0.2) is 0 Å². The number of anilines is 3. The van der Waals surface area contributed by atoms with Gasteiger partial charge in [0.1, 0.15) is 0 Å². The van der Waals surface area contributed by atoms with Crippen molar-refractivity contribution in [3.05, 3.63) is 127 Å². The van der Waals surface area contributed by atoms with E-state index in [0.717, 1.165) is 5.56 Å². The second-order valence-corrected chi connectivity index (χ2v) is 6.16. The van der Waals surface area contributed by atoms with Crippen molar-refractivity contribution in [2.24, 2.45) is 0 Å². The molecule has 0 aliphatic heterocycles. The summed E-state index contributed by atoms with van der Waals surface area (Å²) in [7, 11) is 0. The van der Waals surface area contributed by atoms with E-state index in [1.54, 1.807) is 0 Å². The van der Waals surface area contributed by atoms with Crippen LogP contribution in [-0.2, 0) is 6.42 Å². The summed E-state index contributed by atoms with van der Waals surface area (Å²) in [6, 6.07) is 43.0. The molecule has 28 heavy (non-hydrogen) atoms.